The van der Waals surface area contributed by atoms with Gasteiger partial charge in [0.05, 0.1) is 6.61 Å². The SMILES string of the molecule is CC1CC1(N)CO.Cl. The summed E-state index contributed by atoms with van der Waals surface area (Å²) in [4.78, 5) is 0. The Kier molecular flexibility index (Phi) is 2.27. The highest BCUT2D eigenvalue weighted by Crippen LogP contribution is 2.39. The van der Waals surface area contributed by atoms with E-state index in [0.717, 1.165) is 6.42 Å². The Hall–Kier alpha value is 0.210. The van der Waals surface area contributed by atoms with Crippen molar-refractivity contribution < 1.29 is 5.11 Å². The molecule has 8 heavy (non-hydrogen) atoms. The summed E-state index contributed by atoms with van der Waals surface area (Å²) < 4.78 is 0. The van der Waals surface area contributed by atoms with E-state index in [4.69, 9.17) is 10.8 Å². The van der Waals surface area contributed by atoms with Crippen LogP contribution in [-0.2, 0) is 0 Å². The molecule has 1 aliphatic carbocycles. The molecule has 0 aromatic carbocycles. The van der Waals surface area contributed by atoms with Crippen LogP contribution in [0.5, 0.6) is 0 Å². The molecule has 0 bridgehead atoms. The Morgan fingerprint density at radius 3 is 2.25 bits per heavy atom. The molecule has 1 saturated carbocycles. The van der Waals surface area contributed by atoms with E-state index < -0.39 is 0 Å². The second kappa shape index (κ2) is 2.21. The van der Waals surface area contributed by atoms with Gasteiger partial charge in [-0.3, -0.25) is 0 Å². The molecule has 50 valence electrons. The van der Waals surface area contributed by atoms with Gasteiger partial charge in [-0.2, -0.15) is 0 Å². The number of hydrogen-bond acceptors (Lipinski definition) is 2. The van der Waals surface area contributed by atoms with Crippen LogP contribution in [0.4, 0.5) is 0 Å². The summed E-state index contributed by atoms with van der Waals surface area (Å²) in [6, 6.07) is 0. The zero-order valence-electron chi connectivity index (χ0n) is 4.92. The number of nitrogens with two attached hydrogens (primary N) is 1. The van der Waals surface area contributed by atoms with E-state index in [1.807, 2.05) is 0 Å². The van der Waals surface area contributed by atoms with Crippen molar-refractivity contribution in [3.05, 3.63) is 0 Å². The number of hydrogen-bond donors (Lipinski definition) is 2. The van der Waals surface area contributed by atoms with Crippen LogP contribution in [0, 0.1) is 5.92 Å². The Morgan fingerprint density at radius 2 is 2.25 bits per heavy atom. The standard InChI is InChI=1S/C5H11NO.ClH/c1-4-2-5(4,6)3-7;/h4,7H,2-3,6H2,1H3;1H. The van der Waals surface area contributed by atoms with Crippen LogP contribution in [0.15, 0.2) is 0 Å². The summed E-state index contributed by atoms with van der Waals surface area (Å²) in [5.74, 6) is 0.539. The van der Waals surface area contributed by atoms with Crippen LogP contribution in [-0.4, -0.2) is 17.3 Å². The largest absolute Gasteiger partial charge is 0.394 e. The third kappa shape index (κ3) is 1.13. The molecule has 0 saturated heterocycles. The first-order valence-electron chi connectivity index (χ1n) is 2.59. The van der Waals surface area contributed by atoms with Crippen LogP contribution >= 0.6 is 12.4 Å². The van der Waals surface area contributed by atoms with Crippen molar-refractivity contribution in [2.24, 2.45) is 11.7 Å². The molecule has 2 nitrogen and oxygen atoms in total. The second-order valence-corrected chi connectivity index (χ2v) is 2.50. The molecule has 0 spiro atoms. The van der Waals surface area contributed by atoms with E-state index in [0.29, 0.717) is 5.92 Å². The fourth-order valence-corrected chi connectivity index (χ4v) is 0.732. The van der Waals surface area contributed by atoms with E-state index in [9.17, 15) is 0 Å². The van der Waals surface area contributed by atoms with Gasteiger partial charge in [0.25, 0.3) is 0 Å². The molecule has 0 heterocycles. The minimum atomic E-state index is -0.194. The summed E-state index contributed by atoms with van der Waals surface area (Å²) in [6.45, 7) is 2.20. The van der Waals surface area contributed by atoms with Crippen LogP contribution in [0.1, 0.15) is 13.3 Å². The van der Waals surface area contributed by atoms with Gasteiger partial charge < -0.3 is 10.8 Å². The van der Waals surface area contributed by atoms with E-state index in [1.54, 1.807) is 0 Å². The van der Waals surface area contributed by atoms with E-state index >= 15 is 0 Å². The predicted octanol–water partition coefficient (Wildman–Crippen LogP) is 0.138. The second-order valence-electron chi connectivity index (χ2n) is 2.50. The minimum absolute atomic E-state index is 0. The highest BCUT2D eigenvalue weighted by atomic mass is 35.5. The molecule has 2 unspecified atom stereocenters. The van der Waals surface area contributed by atoms with Crippen LogP contribution in [0.3, 0.4) is 0 Å². The lowest BCUT2D eigenvalue weighted by Gasteiger charge is -2.00. The zero-order valence-corrected chi connectivity index (χ0v) is 5.74. The summed E-state index contributed by atoms with van der Waals surface area (Å²) in [5, 5.41) is 8.51. The summed E-state index contributed by atoms with van der Waals surface area (Å²) in [7, 11) is 0. The molecule has 0 aromatic heterocycles. The number of aliphatic hydroxyl groups excluding tert-OH is 1. The highest BCUT2D eigenvalue weighted by Gasteiger charge is 2.46. The summed E-state index contributed by atoms with van der Waals surface area (Å²) >= 11 is 0. The molecule has 0 aromatic rings. The van der Waals surface area contributed by atoms with Crippen molar-refractivity contribution in [2.75, 3.05) is 6.61 Å². The van der Waals surface area contributed by atoms with Crippen molar-refractivity contribution in [3.63, 3.8) is 0 Å². The van der Waals surface area contributed by atoms with E-state index in [1.165, 1.54) is 0 Å². The van der Waals surface area contributed by atoms with Crippen LogP contribution in [0.2, 0.25) is 0 Å². The van der Waals surface area contributed by atoms with Gasteiger partial charge in [0.1, 0.15) is 0 Å². The van der Waals surface area contributed by atoms with Crippen molar-refractivity contribution in [1.29, 1.82) is 0 Å². The molecule has 0 radical (unpaired) electrons. The fourth-order valence-electron chi connectivity index (χ4n) is 0.732. The van der Waals surface area contributed by atoms with Gasteiger partial charge in [-0.05, 0) is 12.3 Å². The zero-order chi connectivity index (χ0) is 5.49. The van der Waals surface area contributed by atoms with Crippen LogP contribution in [0.25, 0.3) is 0 Å². The van der Waals surface area contributed by atoms with Gasteiger partial charge in [0.15, 0.2) is 0 Å². The summed E-state index contributed by atoms with van der Waals surface area (Å²) in [6.07, 6.45) is 0.990. The topological polar surface area (TPSA) is 46.2 Å². The Labute approximate surface area is 55.5 Å². The third-order valence-electron chi connectivity index (χ3n) is 1.80. The van der Waals surface area contributed by atoms with Gasteiger partial charge in [-0.15, -0.1) is 12.4 Å². The molecular weight excluding hydrogens is 126 g/mol. The Morgan fingerprint density at radius 1 is 1.88 bits per heavy atom. The normalized spacial score (nSPS) is 43.1. The third-order valence-corrected chi connectivity index (χ3v) is 1.80. The van der Waals surface area contributed by atoms with Crippen molar-refractivity contribution in [2.45, 2.75) is 18.9 Å². The van der Waals surface area contributed by atoms with Crippen molar-refractivity contribution >= 4 is 12.4 Å². The molecule has 3 N–H and O–H groups in total. The van der Waals surface area contributed by atoms with Crippen molar-refractivity contribution in [1.82, 2.24) is 0 Å². The van der Waals surface area contributed by atoms with Gasteiger partial charge in [-0.1, -0.05) is 6.92 Å². The highest BCUT2D eigenvalue weighted by molar-refractivity contribution is 5.85. The predicted molar refractivity (Wildman–Crippen MR) is 35.0 cm³/mol. The van der Waals surface area contributed by atoms with Gasteiger partial charge >= 0.3 is 0 Å². The summed E-state index contributed by atoms with van der Waals surface area (Å²) in [5.41, 5.74) is 5.34. The smallest absolute Gasteiger partial charge is 0.0613 e. The maximum absolute atomic E-state index is 8.51. The molecule has 0 amide bonds. The lowest BCUT2D eigenvalue weighted by Crippen LogP contribution is -2.28. The lowest BCUT2D eigenvalue weighted by molar-refractivity contribution is 0.249. The average Bonchev–Trinajstić information content (AvgIpc) is 2.18. The monoisotopic (exact) mass is 137 g/mol. The lowest BCUT2D eigenvalue weighted by atomic mass is 10.3. The first kappa shape index (κ1) is 8.21. The molecule has 0 aliphatic heterocycles. The van der Waals surface area contributed by atoms with E-state index in [-0.39, 0.29) is 24.6 Å². The molecule has 3 heteroatoms. The molecular formula is C5H12ClNO. The number of aliphatic hydroxyl groups is 1. The molecule has 1 aliphatic rings. The van der Waals surface area contributed by atoms with Gasteiger partial charge in [0.2, 0.25) is 0 Å². The maximum atomic E-state index is 8.51. The number of halogens is 1. The maximum Gasteiger partial charge on any atom is 0.0613 e. The average molecular weight is 138 g/mol. The Bertz CT molecular complexity index is 84.5. The Balaban J connectivity index is 0.000000490. The van der Waals surface area contributed by atoms with Crippen LogP contribution < -0.4 is 5.73 Å². The first-order valence-corrected chi connectivity index (χ1v) is 2.59. The molecule has 1 fully saturated rings. The van der Waals surface area contributed by atoms with Gasteiger partial charge in [-0.25, -0.2) is 0 Å². The fraction of sp³-hybridized carbons (Fsp3) is 1.00. The van der Waals surface area contributed by atoms with Crippen molar-refractivity contribution in [3.8, 4) is 0 Å². The molecule has 2 atom stereocenters. The van der Waals surface area contributed by atoms with Gasteiger partial charge in [0, 0.05) is 5.54 Å². The first-order chi connectivity index (χ1) is 3.19. The van der Waals surface area contributed by atoms with E-state index in [2.05, 4.69) is 6.92 Å². The minimum Gasteiger partial charge on any atom is -0.394 e. The number of rotatable bonds is 1. The quantitative estimate of drug-likeness (QED) is 0.540. The molecule has 1 rings (SSSR count).